The fourth-order valence-corrected chi connectivity index (χ4v) is 1.98. The summed E-state index contributed by atoms with van der Waals surface area (Å²) >= 11 is 5.75. The van der Waals surface area contributed by atoms with Gasteiger partial charge in [0.1, 0.15) is 17.3 Å². The SMILES string of the molecule is OCCOCCNCc1ccc(-c2ccc(F)c(Cl)c2)o1. The first-order valence-electron chi connectivity index (χ1n) is 6.64. The second kappa shape index (κ2) is 8.14. The summed E-state index contributed by atoms with van der Waals surface area (Å²) in [6.45, 7) is 2.14. The van der Waals surface area contributed by atoms with Crippen LogP contribution < -0.4 is 5.32 Å². The van der Waals surface area contributed by atoms with Crippen LogP contribution in [-0.2, 0) is 11.3 Å². The third kappa shape index (κ3) is 4.82. The average molecular weight is 314 g/mol. The van der Waals surface area contributed by atoms with Crippen LogP contribution in [0.2, 0.25) is 5.02 Å². The molecule has 1 heterocycles. The molecule has 21 heavy (non-hydrogen) atoms. The molecule has 0 atom stereocenters. The van der Waals surface area contributed by atoms with Crippen molar-refractivity contribution in [3.8, 4) is 11.3 Å². The Balaban J connectivity index is 1.85. The highest BCUT2D eigenvalue weighted by atomic mass is 35.5. The van der Waals surface area contributed by atoms with Gasteiger partial charge in [0.25, 0.3) is 0 Å². The Morgan fingerprint density at radius 3 is 2.86 bits per heavy atom. The zero-order valence-electron chi connectivity index (χ0n) is 11.4. The van der Waals surface area contributed by atoms with E-state index in [0.717, 1.165) is 11.3 Å². The van der Waals surface area contributed by atoms with Gasteiger partial charge >= 0.3 is 0 Å². The van der Waals surface area contributed by atoms with Crippen molar-refractivity contribution >= 4 is 11.6 Å². The summed E-state index contributed by atoms with van der Waals surface area (Å²) in [5, 5.41) is 11.8. The summed E-state index contributed by atoms with van der Waals surface area (Å²) in [5.41, 5.74) is 0.735. The van der Waals surface area contributed by atoms with Crippen molar-refractivity contribution in [3.05, 3.63) is 46.9 Å². The van der Waals surface area contributed by atoms with E-state index in [-0.39, 0.29) is 11.6 Å². The molecule has 0 bridgehead atoms. The molecule has 1 aromatic heterocycles. The van der Waals surface area contributed by atoms with E-state index in [4.69, 9.17) is 25.9 Å². The van der Waals surface area contributed by atoms with Crippen LogP contribution in [-0.4, -0.2) is 31.5 Å². The second-order valence-corrected chi connectivity index (χ2v) is 4.81. The van der Waals surface area contributed by atoms with E-state index in [1.165, 1.54) is 12.1 Å². The first-order chi connectivity index (χ1) is 10.2. The molecule has 0 amide bonds. The molecule has 6 heteroatoms. The summed E-state index contributed by atoms with van der Waals surface area (Å²) in [6.07, 6.45) is 0. The van der Waals surface area contributed by atoms with Gasteiger partial charge in [0.2, 0.25) is 0 Å². The van der Waals surface area contributed by atoms with Gasteiger partial charge in [-0.2, -0.15) is 0 Å². The molecular weight excluding hydrogens is 297 g/mol. The monoisotopic (exact) mass is 313 g/mol. The second-order valence-electron chi connectivity index (χ2n) is 4.41. The Morgan fingerprint density at radius 2 is 2.10 bits per heavy atom. The maximum atomic E-state index is 13.1. The van der Waals surface area contributed by atoms with Crippen LogP contribution >= 0.6 is 11.6 Å². The molecule has 0 saturated heterocycles. The topological polar surface area (TPSA) is 54.6 Å². The van der Waals surface area contributed by atoms with Crippen molar-refractivity contribution in [3.63, 3.8) is 0 Å². The molecule has 0 spiro atoms. The van der Waals surface area contributed by atoms with Crippen molar-refractivity contribution in [2.24, 2.45) is 0 Å². The number of rotatable bonds is 8. The van der Waals surface area contributed by atoms with Gasteiger partial charge in [-0.3, -0.25) is 0 Å². The maximum Gasteiger partial charge on any atom is 0.141 e. The third-order valence-corrected chi connectivity index (χ3v) is 3.11. The first kappa shape index (κ1) is 16.0. The molecule has 0 fully saturated rings. The van der Waals surface area contributed by atoms with Crippen LogP contribution in [0.25, 0.3) is 11.3 Å². The third-order valence-electron chi connectivity index (χ3n) is 2.82. The number of ether oxygens (including phenoxy) is 1. The summed E-state index contributed by atoms with van der Waals surface area (Å²) in [5.74, 6) is 0.967. The highest BCUT2D eigenvalue weighted by Crippen LogP contribution is 2.26. The minimum Gasteiger partial charge on any atom is -0.460 e. The lowest BCUT2D eigenvalue weighted by atomic mass is 10.2. The summed E-state index contributed by atoms with van der Waals surface area (Å²) in [6, 6.07) is 8.16. The van der Waals surface area contributed by atoms with E-state index in [2.05, 4.69) is 5.32 Å². The molecular formula is C15H17ClFNO3. The van der Waals surface area contributed by atoms with Crippen molar-refractivity contribution in [2.45, 2.75) is 6.54 Å². The Bertz CT molecular complexity index is 574. The fraction of sp³-hybridized carbons (Fsp3) is 0.333. The Morgan fingerprint density at radius 1 is 1.24 bits per heavy atom. The number of furan rings is 1. The number of aliphatic hydroxyl groups excluding tert-OH is 1. The highest BCUT2D eigenvalue weighted by Gasteiger charge is 2.07. The first-order valence-corrected chi connectivity index (χ1v) is 7.02. The largest absolute Gasteiger partial charge is 0.460 e. The molecule has 0 aliphatic rings. The predicted octanol–water partition coefficient (Wildman–Crippen LogP) is 2.84. The quantitative estimate of drug-likeness (QED) is 0.736. The Hall–Kier alpha value is -1.40. The minimum absolute atomic E-state index is 0.0295. The van der Waals surface area contributed by atoms with Gasteiger partial charge in [-0.05, 0) is 30.3 Å². The summed E-state index contributed by atoms with van der Waals surface area (Å²) in [4.78, 5) is 0. The van der Waals surface area contributed by atoms with E-state index in [9.17, 15) is 4.39 Å². The Kier molecular flexibility index (Phi) is 6.20. The number of hydrogen-bond donors (Lipinski definition) is 2. The van der Waals surface area contributed by atoms with E-state index >= 15 is 0 Å². The van der Waals surface area contributed by atoms with Crippen molar-refractivity contribution in [2.75, 3.05) is 26.4 Å². The number of halogens is 2. The van der Waals surface area contributed by atoms with Gasteiger partial charge in [0, 0.05) is 12.1 Å². The average Bonchev–Trinajstić information content (AvgIpc) is 2.94. The highest BCUT2D eigenvalue weighted by molar-refractivity contribution is 6.31. The summed E-state index contributed by atoms with van der Waals surface area (Å²) < 4.78 is 23.9. The van der Waals surface area contributed by atoms with Gasteiger partial charge < -0.3 is 19.6 Å². The zero-order valence-corrected chi connectivity index (χ0v) is 12.2. The fourth-order valence-electron chi connectivity index (χ4n) is 1.80. The van der Waals surface area contributed by atoms with Gasteiger partial charge in [0.15, 0.2) is 0 Å². The molecule has 2 aromatic rings. The van der Waals surface area contributed by atoms with Crippen LogP contribution in [0.1, 0.15) is 5.76 Å². The number of aliphatic hydroxyl groups is 1. The lowest BCUT2D eigenvalue weighted by molar-refractivity contribution is 0.0936. The van der Waals surface area contributed by atoms with Crippen LogP contribution in [0.15, 0.2) is 34.7 Å². The zero-order chi connectivity index (χ0) is 15.1. The smallest absolute Gasteiger partial charge is 0.141 e. The number of benzene rings is 1. The molecule has 0 aliphatic heterocycles. The van der Waals surface area contributed by atoms with Gasteiger partial charge in [-0.1, -0.05) is 11.6 Å². The molecule has 2 N–H and O–H groups in total. The molecule has 0 radical (unpaired) electrons. The van der Waals surface area contributed by atoms with Crippen LogP contribution in [0, 0.1) is 5.82 Å². The molecule has 114 valence electrons. The Labute approximate surface area is 127 Å². The number of nitrogens with one attached hydrogen (secondary N) is 1. The van der Waals surface area contributed by atoms with Crippen LogP contribution in [0.3, 0.4) is 0 Å². The molecule has 1 aromatic carbocycles. The normalized spacial score (nSPS) is 11.0. The molecule has 2 rings (SSSR count). The van der Waals surface area contributed by atoms with E-state index in [1.54, 1.807) is 6.07 Å². The van der Waals surface area contributed by atoms with Crippen molar-refractivity contribution < 1.29 is 18.7 Å². The molecule has 0 saturated carbocycles. The van der Waals surface area contributed by atoms with E-state index in [0.29, 0.717) is 32.1 Å². The van der Waals surface area contributed by atoms with Crippen LogP contribution in [0.5, 0.6) is 0 Å². The predicted molar refractivity (Wildman–Crippen MR) is 78.7 cm³/mol. The maximum absolute atomic E-state index is 13.1. The van der Waals surface area contributed by atoms with Gasteiger partial charge in [-0.15, -0.1) is 0 Å². The lowest BCUT2D eigenvalue weighted by Crippen LogP contribution is -2.19. The summed E-state index contributed by atoms with van der Waals surface area (Å²) in [7, 11) is 0. The van der Waals surface area contributed by atoms with Crippen molar-refractivity contribution in [1.29, 1.82) is 0 Å². The van der Waals surface area contributed by atoms with Crippen molar-refractivity contribution in [1.82, 2.24) is 5.32 Å². The molecule has 4 nitrogen and oxygen atoms in total. The standard InChI is InChI=1S/C15H17ClFNO3/c16-13-9-11(1-3-14(13)17)15-4-2-12(21-15)10-18-5-7-20-8-6-19/h1-4,9,18-19H,5-8,10H2. The van der Waals surface area contributed by atoms with E-state index in [1.807, 2.05) is 12.1 Å². The van der Waals surface area contributed by atoms with E-state index < -0.39 is 5.82 Å². The van der Waals surface area contributed by atoms with Crippen LogP contribution in [0.4, 0.5) is 4.39 Å². The minimum atomic E-state index is -0.447. The van der Waals surface area contributed by atoms with Gasteiger partial charge in [0.05, 0.1) is 31.4 Å². The number of hydrogen-bond acceptors (Lipinski definition) is 4. The lowest BCUT2D eigenvalue weighted by Gasteiger charge is -2.03. The van der Waals surface area contributed by atoms with Gasteiger partial charge in [-0.25, -0.2) is 4.39 Å². The molecule has 0 unspecified atom stereocenters. The molecule has 0 aliphatic carbocycles.